The van der Waals surface area contributed by atoms with Crippen LogP contribution in [0.5, 0.6) is 0 Å². The molecule has 3 aromatic rings. The molecule has 0 aromatic heterocycles. The maximum atomic E-state index is 12.9. The fourth-order valence-corrected chi connectivity index (χ4v) is 3.00. The van der Waals surface area contributed by atoms with Gasteiger partial charge in [0.25, 0.3) is 5.91 Å². The lowest BCUT2D eigenvalue weighted by atomic mass is 10.0. The third-order valence-corrected chi connectivity index (χ3v) is 4.77. The summed E-state index contributed by atoms with van der Waals surface area (Å²) in [6.45, 7) is 3.97. The van der Waals surface area contributed by atoms with Crippen LogP contribution >= 0.6 is 15.9 Å². The maximum Gasteiger partial charge on any atom is 0.255 e. The zero-order valence-electron chi connectivity index (χ0n) is 14.5. The Morgan fingerprint density at radius 1 is 0.808 bits per heavy atom. The first-order valence-corrected chi connectivity index (χ1v) is 9.03. The molecule has 130 valence electrons. The molecular formula is C22H18BrNO2. The van der Waals surface area contributed by atoms with Gasteiger partial charge in [0.05, 0.1) is 5.69 Å². The van der Waals surface area contributed by atoms with E-state index in [1.54, 1.807) is 36.4 Å². The van der Waals surface area contributed by atoms with Crippen molar-refractivity contribution in [2.24, 2.45) is 0 Å². The van der Waals surface area contributed by atoms with E-state index in [4.69, 9.17) is 0 Å². The topological polar surface area (TPSA) is 46.2 Å². The smallest absolute Gasteiger partial charge is 0.255 e. The summed E-state index contributed by atoms with van der Waals surface area (Å²) in [6, 6.07) is 19.8. The van der Waals surface area contributed by atoms with Crippen molar-refractivity contribution < 1.29 is 9.59 Å². The third-order valence-electron chi connectivity index (χ3n) is 4.28. The standard InChI is InChI=1S/C22H18BrNO2/c1-14-8-9-17(12-15(14)2)22(26)24-20-11-10-18(23)13-19(20)21(25)16-6-4-3-5-7-16/h3-13H,1-2H3,(H,24,26). The number of carbonyl (C=O) groups excluding carboxylic acids is 2. The summed E-state index contributed by atoms with van der Waals surface area (Å²) < 4.78 is 0.779. The number of hydrogen-bond donors (Lipinski definition) is 1. The molecule has 0 bridgehead atoms. The van der Waals surface area contributed by atoms with Crippen molar-refractivity contribution in [3.63, 3.8) is 0 Å². The lowest BCUT2D eigenvalue weighted by Crippen LogP contribution is -2.15. The molecule has 0 aliphatic carbocycles. The third kappa shape index (κ3) is 3.92. The summed E-state index contributed by atoms with van der Waals surface area (Å²) in [4.78, 5) is 25.5. The highest BCUT2D eigenvalue weighted by Gasteiger charge is 2.16. The van der Waals surface area contributed by atoms with Crippen LogP contribution in [0.15, 0.2) is 71.2 Å². The van der Waals surface area contributed by atoms with E-state index in [2.05, 4.69) is 21.2 Å². The second kappa shape index (κ2) is 7.67. The Kier molecular flexibility index (Phi) is 5.33. The van der Waals surface area contributed by atoms with Gasteiger partial charge in [0.2, 0.25) is 0 Å². The van der Waals surface area contributed by atoms with Crippen molar-refractivity contribution in [1.82, 2.24) is 0 Å². The van der Waals surface area contributed by atoms with Gasteiger partial charge >= 0.3 is 0 Å². The van der Waals surface area contributed by atoms with Gasteiger partial charge in [0.1, 0.15) is 0 Å². The van der Waals surface area contributed by atoms with Crippen molar-refractivity contribution >= 4 is 33.3 Å². The lowest BCUT2D eigenvalue weighted by Gasteiger charge is -2.12. The van der Waals surface area contributed by atoms with E-state index < -0.39 is 0 Å². The minimum absolute atomic E-state index is 0.137. The molecule has 0 radical (unpaired) electrons. The number of rotatable bonds is 4. The highest BCUT2D eigenvalue weighted by Crippen LogP contribution is 2.25. The maximum absolute atomic E-state index is 12.9. The van der Waals surface area contributed by atoms with E-state index in [0.717, 1.165) is 15.6 Å². The van der Waals surface area contributed by atoms with Crippen LogP contribution in [-0.2, 0) is 0 Å². The van der Waals surface area contributed by atoms with Gasteiger partial charge in [-0.3, -0.25) is 9.59 Å². The molecule has 0 saturated carbocycles. The van der Waals surface area contributed by atoms with E-state index in [-0.39, 0.29) is 11.7 Å². The largest absolute Gasteiger partial charge is 0.321 e. The number of hydrogen-bond acceptors (Lipinski definition) is 2. The zero-order chi connectivity index (χ0) is 18.7. The monoisotopic (exact) mass is 407 g/mol. The van der Waals surface area contributed by atoms with Crippen LogP contribution < -0.4 is 5.32 Å². The van der Waals surface area contributed by atoms with Crippen molar-refractivity contribution in [3.05, 3.63) is 99.0 Å². The molecule has 3 rings (SSSR count). The van der Waals surface area contributed by atoms with E-state index in [1.165, 1.54) is 0 Å². The summed E-state index contributed by atoms with van der Waals surface area (Å²) in [7, 11) is 0. The van der Waals surface area contributed by atoms with E-state index in [0.29, 0.717) is 22.4 Å². The second-order valence-corrected chi connectivity index (χ2v) is 7.05. The lowest BCUT2D eigenvalue weighted by molar-refractivity contribution is 0.102. The van der Waals surface area contributed by atoms with Gasteiger partial charge in [-0.1, -0.05) is 52.3 Å². The molecule has 0 aliphatic rings. The van der Waals surface area contributed by atoms with Gasteiger partial charge in [-0.15, -0.1) is 0 Å². The van der Waals surface area contributed by atoms with Crippen LogP contribution in [0.25, 0.3) is 0 Å². The number of nitrogens with one attached hydrogen (secondary N) is 1. The Morgan fingerprint density at radius 2 is 1.54 bits per heavy atom. The summed E-state index contributed by atoms with van der Waals surface area (Å²) in [6.07, 6.45) is 0. The van der Waals surface area contributed by atoms with Crippen molar-refractivity contribution in [2.75, 3.05) is 5.32 Å². The van der Waals surface area contributed by atoms with Gasteiger partial charge in [-0.05, 0) is 55.3 Å². The molecule has 3 aromatic carbocycles. The molecular weight excluding hydrogens is 390 g/mol. The summed E-state index contributed by atoms with van der Waals surface area (Å²) >= 11 is 3.40. The van der Waals surface area contributed by atoms with Crippen LogP contribution in [-0.4, -0.2) is 11.7 Å². The Morgan fingerprint density at radius 3 is 2.23 bits per heavy atom. The van der Waals surface area contributed by atoms with E-state index in [9.17, 15) is 9.59 Å². The zero-order valence-corrected chi connectivity index (χ0v) is 16.1. The molecule has 0 fully saturated rings. The number of amides is 1. The van der Waals surface area contributed by atoms with E-state index in [1.807, 2.05) is 44.2 Å². The summed E-state index contributed by atoms with van der Waals surface area (Å²) in [5, 5.41) is 2.87. The first-order chi connectivity index (χ1) is 12.5. The predicted octanol–water partition coefficient (Wildman–Crippen LogP) is 5.55. The van der Waals surface area contributed by atoms with Gasteiger partial charge in [-0.25, -0.2) is 0 Å². The quantitative estimate of drug-likeness (QED) is 0.576. The average molecular weight is 408 g/mol. The van der Waals surface area contributed by atoms with Crippen molar-refractivity contribution in [2.45, 2.75) is 13.8 Å². The normalized spacial score (nSPS) is 10.4. The van der Waals surface area contributed by atoms with Gasteiger partial charge in [0, 0.05) is 21.2 Å². The summed E-state index contributed by atoms with van der Waals surface area (Å²) in [5.74, 6) is -0.375. The predicted molar refractivity (Wildman–Crippen MR) is 108 cm³/mol. The average Bonchev–Trinajstić information content (AvgIpc) is 2.65. The molecule has 0 saturated heterocycles. The molecule has 0 heterocycles. The number of ketones is 1. The van der Waals surface area contributed by atoms with Gasteiger partial charge in [0.15, 0.2) is 5.78 Å². The second-order valence-electron chi connectivity index (χ2n) is 6.14. The molecule has 3 nitrogen and oxygen atoms in total. The molecule has 0 atom stereocenters. The molecule has 0 spiro atoms. The van der Waals surface area contributed by atoms with E-state index >= 15 is 0 Å². The molecule has 1 N–H and O–H groups in total. The number of benzene rings is 3. The van der Waals surface area contributed by atoms with Crippen LogP contribution in [0, 0.1) is 13.8 Å². The van der Waals surface area contributed by atoms with Crippen LogP contribution in [0.1, 0.15) is 37.4 Å². The minimum atomic E-state index is -0.238. The van der Waals surface area contributed by atoms with Crippen LogP contribution in [0.2, 0.25) is 0 Å². The Labute approximate surface area is 161 Å². The Bertz CT molecular complexity index is 981. The Balaban J connectivity index is 1.94. The fourth-order valence-electron chi connectivity index (χ4n) is 2.64. The minimum Gasteiger partial charge on any atom is -0.321 e. The van der Waals surface area contributed by atoms with Crippen LogP contribution in [0.3, 0.4) is 0 Å². The Hall–Kier alpha value is -2.72. The number of halogens is 1. The van der Waals surface area contributed by atoms with Gasteiger partial charge < -0.3 is 5.32 Å². The molecule has 0 aliphatic heterocycles. The molecule has 4 heteroatoms. The molecule has 26 heavy (non-hydrogen) atoms. The van der Waals surface area contributed by atoms with Crippen molar-refractivity contribution in [1.29, 1.82) is 0 Å². The summed E-state index contributed by atoms with van der Waals surface area (Å²) in [5.41, 5.74) is 4.26. The number of carbonyl (C=O) groups is 2. The molecule has 0 unspecified atom stereocenters. The molecule has 1 amide bonds. The van der Waals surface area contributed by atoms with Gasteiger partial charge in [-0.2, -0.15) is 0 Å². The SMILES string of the molecule is Cc1ccc(C(=O)Nc2ccc(Br)cc2C(=O)c2ccccc2)cc1C. The van der Waals surface area contributed by atoms with Crippen molar-refractivity contribution in [3.8, 4) is 0 Å². The first-order valence-electron chi connectivity index (χ1n) is 8.23. The highest BCUT2D eigenvalue weighted by atomic mass is 79.9. The number of anilines is 1. The number of aryl methyl sites for hydroxylation is 2. The van der Waals surface area contributed by atoms with Crippen LogP contribution in [0.4, 0.5) is 5.69 Å². The fraction of sp³-hybridized carbons (Fsp3) is 0.0909. The first kappa shape index (κ1) is 18.1. The highest BCUT2D eigenvalue weighted by molar-refractivity contribution is 9.10.